The van der Waals surface area contributed by atoms with Gasteiger partial charge in [0.1, 0.15) is 17.1 Å². The molecule has 1 aliphatic heterocycles. The van der Waals surface area contributed by atoms with Crippen LogP contribution in [-0.4, -0.2) is 10.7 Å². The minimum Gasteiger partial charge on any atom is -0.508 e. The molecule has 1 heterocycles. The molecular weight excluding hydrogens is 260 g/mol. The van der Waals surface area contributed by atoms with Gasteiger partial charge in [-0.15, -0.1) is 0 Å². The number of hydrogen-bond acceptors (Lipinski definition) is 2. The third-order valence-electron chi connectivity index (χ3n) is 3.84. The van der Waals surface area contributed by atoms with E-state index < -0.39 is 0 Å². The van der Waals surface area contributed by atoms with Crippen molar-refractivity contribution in [1.29, 1.82) is 0 Å². The first kappa shape index (κ1) is 13.7. The Hall–Kier alpha value is -2.22. The topological polar surface area (TPSA) is 29.5 Å². The van der Waals surface area contributed by atoms with E-state index in [2.05, 4.69) is 13.8 Å². The van der Waals surface area contributed by atoms with Crippen molar-refractivity contribution < 1.29 is 9.84 Å². The zero-order valence-electron chi connectivity index (χ0n) is 12.5. The molecule has 1 aliphatic rings. The molecule has 0 aliphatic carbocycles. The van der Waals surface area contributed by atoms with Crippen LogP contribution in [0, 0.1) is 0 Å². The maximum Gasteiger partial charge on any atom is 0.127 e. The maximum absolute atomic E-state index is 10.2. The molecule has 1 N–H and O–H groups in total. The molecule has 0 unspecified atom stereocenters. The van der Waals surface area contributed by atoms with Crippen LogP contribution in [0.3, 0.4) is 0 Å². The molecule has 2 nitrogen and oxygen atoms in total. The lowest BCUT2D eigenvalue weighted by Crippen LogP contribution is -2.32. The molecule has 0 amide bonds. The average Bonchev–Trinajstić information content (AvgIpc) is 2.45. The van der Waals surface area contributed by atoms with Gasteiger partial charge >= 0.3 is 0 Å². The highest BCUT2D eigenvalue weighted by Crippen LogP contribution is 2.39. The highest BCUT2D eigenvalue weighted by molar-refractivity contribution is 5.71. The number of aromatic hydroxyl groups is 1. The lowest BCUT2D eigenvalue weighted by Gasteiger charge is -2.33. The minimum atomic E-state index is -0.165. The number of phenolic OH excluding ortho intramolecular Hbond substituents is 1. The monoisotopic (exact) mass is 280 g/mol. The SMILES string of the molecule is CC1(C)CCc2c(O)cc(/C=C/c3ccccc3)cc2O1. The zero-order valence-corrected chi connectivity index (χ0v) is 12.5. The molecule has 2 heteroatoms. The highest BCUT2D eigenvalue weighted by Gasteiger charge is 2.28. The van der Waals surface area contributed by atoms with Crippen LogP contribution in [0.25, 0.3) is 12.2 Å². The summed E-state index contributed by atoms with van der Waals surface area (Å²) in [4.78, 5) is 0. The van der Waals surface area contributed by atoms with Crippen LogP contribution in [0.1, 0.15) is 37.0 Å². The molecular formula is C19H20O2. The second-order valence-corrected chi connectivity index (χ2v) is 6.12. The van der Waals surface area contributed by atoms with Crippen molar-refractivity contribution in [2.45, 2.75) is 32.3 Å². The second-order valence-electron chi connectivity index (χ2n) is 6.12. The van der Waals surface area contributed by atoms with Crippen LogP contribution in [0.5, 0.6) is 11.5 Å². The summed E-state index contributed by atoms with van der Waals surface area (Å²) in [5.74, 6) is 1.13. The van der Waals surface area contributed by atoms with E-state index in [1.807, 2.05) is 48.6 Å². The van der Waals surface area contributed by atoms with Crippen molar-refractivity contribution in [2.75, 3.05) is 0 Å². The van der Waals surface area contributed by atoms with E-state index in [4.69, 9.17) is 4.74 Å². The Balaban J connectivity index is 1.91. The van der Waals surface area contributed by atoms with Crippen molar-refractivity contribution in [3.05, 3.63) is 59.2 Å². The fourth-order valence-corrected chi connectivity index (χ4v) is 2.62. The minimum absolute atomic E-state index is 0.165. The summed E-state index contributed by atoms with van der Waals surface area (Å²) in [6.07, 6.45) is 5.82. The predicted octanol–water partition coefficient (Wildman–Crippen LogP) is 4.67. The molecule has 2 aromatic rings. The Morgan fingerprint density at radius 3 is 2.52 bits per heavy atom. The molecule has 21 heavy (non-hydrogen) atoms. The van der Waals surface area contributed by atoms with Gasteiger partial charge in [0.2, 0.25) is 0 Å². The second kappa shape index (κ2) is 5.28. The van der Waals surface area contributed by atoms with Gasteiger partial charge in [-0.25, -0.2) is 0 Å². The highest BCUT2D eigenvalue weighted by atomic mass is 16.5. The number of phenols is 1. The normalized spacial score (nSPS) is 16.5. The summed E-state index contributed by atoms with van der Waals surface area (Å²) in [5, 5.41) is 10.2. The first-order valence-corrected chi connectivity index (χ1v) is 7.32. The average molecular weight is 280 g/mol. The van der Waals surface area contributed by atoms with Gasteiger partial charge in [-0.2, -0.15) is 0 Å². The van der Waals surface area contributed by atoms with Gasteiger partial charge in [-0.05, 0) is 49.9 Å². The Kier molecular flexibility index (Phi) is 3.46. The quantitative estimate of drug-likeness (QED) is 0.810. The summed E-state index contributed by atoms with van der Waals surface area (Å²) in [6.45, 7) is 4.17. The lowest BCUT2D eigenvalue weighted by molar-refractivity contribution is 0.0837. The van der Waals surface area contributed by atoms with E-state index in [0.29, 0.717) is 5.75 Å². The van der Waals surface area contributed by atoms with Gasteiger partial charge < -0.3 is 9.84 Å². The number of benzene rings is 2. The van der Waals surface area contributed by atoms with Gasteiger partial charge in [0.25, 0.3) is 0 Å². The molecule has 0 spiro atoms. The van der Waals surface area contributed by atoms with Gasteiger partial charge in [-0.1, -0.05) is 42.5 Å². The van der Waals surface area contributed by atoms with E-state index >= 15 is 0 Å². The molecule has 3 rings (SSSR count). The third-order valence-corrected chi connectivity index (χ3v) is 3.84. The van der Waals surface area contributed by atoms with Crippen molar-refractivity contribution in [3.8, 4) is 11.5 Å². The van der Waals surface area contributed by atoms with Gasteiger partial charge in [0, 0.05) is 5.56 Å². The number of ether oxygens (including phenoxy) is 1. The predicted molar refractivity (Wildman–Crippen MR) is 86.5 cm³/mol. The van der Waals surface area contributed by atoms with Crippen molar-refractivity contribution >= 4 is 12.2 Å². The van der Waals surface area contributed by atoms with Gasteiger partial charge in [-0.3, -0.25) is 0 Å². The van der Waals surface area contributed by atoms with Crippen LogP contribution in [0.2, 0.25) is 0 Å². The molecule has 0 saturated carbocycles. The number of fused-ring (bicyclic) bond motifs is 1. The largest absolute Gasteiger partial charge is 0.508 e. The van der Waals surface area contributed by atoms with Crippen LogP contribution in [0.4, 0.5) is 0 Å². The smallest absolute Gasteiger partial charge is 0.127 e. The Morgan fingerprint density at radius 1 is 1.05 bits per heavy atom. The van der Waals surface area contributed by atoms with Crippen LogP contribution in [0.15, 0.2) is 42.5 Å². The summed E-state index contributed by atoms with van der Waals surface area (Å²) >= 11 is 0. The van der Waals surface area contributed by atoms with E-state index in [0.717, 1.165) is 35.3 Å². The molecule has 0 atom stereocenters. The van der Waals surface area contributed by atoms with E-state index in [1.165, 1.54) is 0 Å². The first-order chi connectivity index (χ1) is 10.0. The molecule has 0 fully saturated rings. The summed E-state index contributed by atoms with van der Waals surface area (Å²) in [6, 6.07) is 13.9. The zero-order chi connectivity index (χ0) is 14.9. The lowest BCUT2D eigenvalue weighted by atomic mass is 9.93. The maximum atomic E-state index is 10.2. The molecule has 108 valence electrons. The fourth-order valence-electron chi connectivity index (χ4n) is 2.62. The molecule has 0 aromatic heterocycles. The van der Waals surface area contributed by atoms with Crippen LogP contribution >= 0.6 is 0 Å². The molecule has 2 aromatic carbocycles. The van der Waals surface area contributed by atoms with Crippen molar-refractivity contribution in [3.63, 3.8) is 0 Å². The van der Waals surface area contributed by atoms with Crippen molar-refractivity contribution in [1.82, 2.24) is 0 Å². The standard InChI is InChI=1S/C19H20O2/c1-19(2)11-10-16-17(20)12-15(13-18(16)21-19)9-8-14-6-4-3-5-7-14/h3-9,12-13,20H,10-11H2,1-2H3/b9-8+. The Morgan fingerprint density at radius 2 is 1.76 bits per heavy atom. The molecule has 0 saturated heterocycles. The third kappa shape index (κ3) is 3.10. The molecule has 0 radical (unpaired) electrons. The van der Waals surface area contributed by atoms with Crippen molar-refractivity contribution in [2.24, 2.45) is 0 Å². The number of rotatable bonds is 2. The van der Waals surface area contributed by atoms with Gasteiger partial charge in [0.05, 0.1) is 0 Å². The van der Waals surface area contributed by atoms with Crippen LogP contribution in [-0.2, 0) is 6.42 Å². The summed E-state index contributed by atoms with van der Waals surface area (Å²) < 4.78 is 6.00. The Labute approximate surface area is 125 Å². The van der Waals surface area contributed by atoms with Crippen LogP contribution < -0.4 is 4.74 Å². The fraction of sp³-hybridized carbons (Fsp3) is 0.263. The first-order valence-electron chi connectivity index (χ1n) is 7.32. The Bertz CT molecular complexity index is 669. The molecule has 0 bridgehead atoms. The van der Waals surface area contributed by atoms with Gasteiger partial charge in [0.15, 0.2) is 0 Å². The summed E-state index contributed by atoms with van der Waals surface area (Å²) in [7, 11) is 0. The summed E-state index contributed by atoms with van der Waals surface area (Å²) in [5.41, 5.74) is 2.84. The van der Waals surface area contributed by atoms with E-state index in [1.54, 1.807) is 6.07 Å². The van der Waals surface area contributed by atoms with E-state index in [-0.39, 0.29) is 5.60 Å². The number of hydrogen-bond donors (Lipinski definition) is 1. The van der Waals surface area contributed by atoms with E-state index in [9.17, 15) is 5.11 Å².